The Hall–Kier alpha value is -1.53. The molecule has 0 aromatic heterocycles. The van der Waals surface area contributed by atoms with Gasteiger partial charge >= 0.3 is 0 Å². The Bertz CT molecular complexity index is 439. The Morgan fingerprint density at radius 3 is 2.25 bits per heavy atom. The molecule has 1 saturated heterocycles. The molecule has 1 aromatic rings. The summed E-state index contributed by atoms with van der Waals surface area (Å²) in [5, 5.41) is 0. The first-order valence-electron chi connectivity index (χ1n) is 6.09. The number of benzene rings is 1. The third kappa shape index (κ3) is 4.86. The molecule has 2 rings (SSSR count). The molecule has 1 fully saturated rings. The summed E-state index contributed by atoms with van der Waals surface area (Å²) in [5.74, 6) is 0.0147. The first-order valence-corrected chi connectivity index (χ1v) is 6.09. The average Bonchev–Trinajstić information content (AvgIpc) is 2.83. The first kappa shape index (κ1) is 16.5. The SMILES string of the molecule is CC1(C)OCCO1.COc1ccc(C=O)c(C(F)F)c1. The number of alkyl halides is 2. The van der Waals surface area contributed by atoms with Gasteiger partial charge in [0.1, 0.15) is 5.75 Å². The molecule has 0 saturated carbocycles. The number of carbonyl (C=O) groups excluding carboxylic acids is 1. The van der Waals surface area contributed by atoms with Crippen molar-refractivity contribution in [1.82, 2.24) is 0 Å². The molecule has 0 spiro atoms. The summed E-state index contributed by atoms with van der Waals surface area (Å²) >= 11 is 0. The summed E-state index contributed by atoms with van der Waals surface area (Å²) in [7, 11) is 1.38. The van der Waals surface area contributed by atoms with Gasteiger partial charge in [0, 0.05) is 11.1 Å². The van der Waals surface area contributed by atoms with E-state index in [1.54, 1.807) is 0 Å². The van der Waals surface area contributed by atoms with Crippen LogP contribution in [0.15, 0.2) is 18.2 Å². The Morgan fingerprint density at radius 1 is 1.30 bits per heavy atom. The summed E-state index contributed by atoms with van der Waals surface area (Å²) in [6.45, 7) is 5.32. The molecule has 0 atom stereocenters. The minimum absolute atomic E-state index is 0.00389. The molecule has 20 heavy (non-hydrogen) atoms. The number of methoxy groups -OCH3 is 1. The molecule has 0 aliphatic carbocycles. The topological polar surface area (TPSA) is 44.8 Å². The zero-order valence-electron chi connectivity index (χ0n) is 11.7. The second-order valence-corrected chi connectivity index (χ2v) is 4.51. The zero-order chi connectivity index (χ0) is 15.2. The van der Waals surface area contributed by atoms with Crippen LogP contribution in [0, 0.1) is 0 Å². The van der Waals surface area contributed by atoms with Crippen LogP contribution < -0.4 is 4.74 Å². The highest BCUT2D eigenvalue weighted by Gasteiger charge is 2.23. The molecule has 1 aromatic carbocycles. The minimum Gasteiger partial charge on any atom is -0.497 e. The Kier molecular flexibility index (Phi) is 6.04. The number of rotatable bonds is 3. The summed E-state index contributed by atoms with van der Waals surface area (Å²) in [6, 6.07) is 3.94. The molecule has 4 nitrogen and oxygen atoms in total. The summed E-state index contributed by atoms with van der Waals surface area (Å²) in [4.78, 5) is 10.4. The average molecular weight is 288 g/mol. The van der Waals surface area contributed by atoms with Crippen molar-refractivity contribution in [1.29, 1.82) is 0 Å². The molecule has 0 radical (unpaired) electrons. The molecule has 1 heterocycles. The lowest BCUT2D eigenvalue weighted by molar-refractivity contribution is -0.125. The summed E-state index contributed by atoms with van der Waals surface area (Å²) in [5.41, 5.74) is -0.301. The molecule has 0 N–H and O–H groups in total. The highest BCUT2D eigenvalue weighted by Crippen LogP contribution is 2.25. The molecular formula is C14H18F2O4. The maximum Gasteiger partial charge on any atom is 0.264 e. The van der Waals surface area contributed by atoms with Crippen LogP contribution >= 0.6 is 0 Å². The van der Waals surface area contributed by atoms with Gasteiger partial charge in [-0.2, -0.15) is 0 Å². The van der Waals surface area contributed by atoms with Crippen molar-refractivity contribution >= 4 is 6.29 Å². The number of hydrogen-bond donors (Lipinski definition) is 0. The van der Waals surface area contributed by atoms with Gasteiger partial charge in [0.25, 0.3) is 6.43 Å². The summed E-state index contributed by atoms with van der Waals surface area (Å²) < 4.78 is 39.6. The fourth-order valence-corrected chi connectivity index (χ4v) is 1.59. The van der Waals surface area contributed by atoms with Gasteiger partial charge in [-0.05, 0) is 32.0 Å². The van der Waals surface area contributed by atoms with Crippen molar-refractivity contribution in [2.45, 2.75) is 26.1 Å². The zero-order valence-corrected chi connectivity index (χ0v) is 11.7. The molecule has 112 valence electrons. The highest BCUT2D eigenvalue weighted by molar-refractivity contribution is 5.77. The van der Waals surface area contributed by atoms with Gasteiger partial charge < -0.3 is 14.2 Å². The molecule has 6 heteroatoms. The van der Waals surface area contributed by atoms with E-state index in [2.05, 4.69) is 0 Å². The quantitative estimate of drug-likeness (QED) is 0.801. The fourth-order valence-electron chi connectivity index (χ4n) is 1.59. The maximum atomic E-state index is 12.3. The Balaban J connectivity index is 0.000000240. The van der Waals surface area contributed by atoms with Gasteiger partial charge in [-0.25, -0.2) is 8.78 Å². The van der Waals surface area contributed by atoms with Crippen LogP contribution in [0.4, 0.5) is 8.78 Å². The largest absolute Gasteiger partial charge is 0.497 e. The van der Waals surface area contributed by atoms with Gasteiger partial charge in [-0.15, -0.1) is 0 Å². The molecule has 0 unspecified atom stereocenters. The first-order chi connectivity index (χ1) is 9.39. The van der Waals surface area contributed by atoms with Crippen molar-refractivity contribution in [3.63, 3.8) is 0 Å². The van der Waals surface area contributed by atoms with Crippen molar-refractivity contribution in [2.75, 3.05) is 20.3 Å². The van der Waals surface area contributed by atoms with Crippen molar-refractivity contribution in [3.05, 3.63) is 29.3 Å². The van der Waals surface area contributed by atoms with Crippen molar-refractivity contribution in [3.8, 4) is 5.75 Å². The third-order valence-corrected chi connectivity index (χ3v) is 2.64. The van der Waals surface area contributed by atoms with Crippen LogP contribution in [0.25, 0.3) is 0 Å². The standard InChI is InChI=1S/C9H8F2O2.C5H10O2/c1-13-7-3-2-6(5-12)8(4-7)9(10)11;1-5(2)6-3-4-7-5/h2-5,9H,1H3;3-4H2,1-2H3. The second kappa shape index (κ2) is 7.31. The van der Waals surface area contributed by atoms with E-state index in [9.17, 15) is 13.6 Å². The number of aldehydes is 1. The van der Waals surface area contributed by atoms with Crippen LogP contribution in [-0.4, -0.2) is 32.4 Å². The van der Waals surface area contributed by atoms with E-state index in [4.69, 9.17) is 14.2 Å². The van der Waals surface area contributed by atoms with E-state index < -0.39 is 6.43 Å². The van der Waals surface area contributed by atoms with Gasteiger partial charge in [0.05, 0.1) is 20.3 Å². The predicted molar refractivity (Wildman–Crippen MR) is 69.3 cm³/mol. The monoisotopic (exact) mass is 288 g/mol. The molecule has 0 bridgehead atoms. The van der Waals surface area contributed by atoms with E-state index in [1.807, 2.05) is 13.8 Å². The highest BCUT2D eigenvalue weighted by atomic mass is 19.3. The normalized spacial score (nSPS) is 16.5. The van der Waals surface area contributed by atoms with E-state index >= 15 is 0 Å². The van der Waals surface area contributed by atoms with Crippen LogP contribution in [0.3, 0.4) is 0 Å². The molecule has 1 aliphatic heterocycles. The number of ether oxygens (including phenoxy) is 3. The Morgan fingerprint density at radius 2 is 1.90 bits per heavy atom. The van der Waals surface area contributed by atoms with E-state index in [-0.39, 0.29) is 16.9 Å². The van der Waals surface area contributed by atoms with Crippen LogP contribution in [0.5, 0.6) is 5.75 Å². The fraction of sp³-hybridized carbons (Fsp3) is 0.500. The van der Waals surface area contributed by atoms with Gasteiger partial charge in [0.2, 0.25) is 0 Å². The van der Waals surface area contributed by atoms with Gasteiger partial charge in [-0.1, -0.05) is 0 Å². The van der Waals surface area contributed by atoms with Crippen LogP contribution in [-0.2, 0) is 9.47 Å². The lowest BCUT2D eigenvalue weighted by atomic mass is 10.1. The molecule has 1 aliphatic rings. The van der Waals surface area contributed by atoms with E-state index in [1.165, 1.54) is 19.2 Å². The smallest absolute Gasteiger partial charge is 0.264 e. The Labute approximate surface area is 116 Å². The maximum absolute atomic E-state index is 12.3. The second-order valence-electron chi connectivity index (χ2n) is 4.51. The molecular weight excluding hydrogens is 270 g/mol. The summed E-state index contributed by atoms with van der Waals surface area (Å²) in [6.07, 6.45) is -2.25. The van der Waals surface area contributed by atoms with Crippen molar-refractivity contribution < 1.29 is 27.8 Å². The van der Waals surface area contributed by atoms with Crippen LogP contribution in [0.1, 0.15) is 36.2 Å². The molecule has 0 amide bonds. The van der Waals surface area contributed by atoms with Gasteiger partial charge in [0.15, 0.2) is 12.1 Å². The lowest BCUT2D eigenvalue weighted by Gasteiger charge is -2.13. The number of halogens is 2. The van der Waals surface area contributed by atoms with E-state index in [0.717, 1.165) is 19.3 Å². The lowest BCUT2D eigenvalue weighted by Crippen LogP contribution is -2.18. The number of carbonyl (C=O) groups is 1. The predicted octanol–water partition coefficient (Wildman–Crippen LogP) is 3.21. The van der Waals surface area contributed by atoms with Gasteiger partial charge in [-0.3, -0.25) is 4.79 Å². The van der Waals surface area contributed by atoms with Crippen LogP contribution in [0.2, 0.25) is 0 Å². The number of hydrogen-bond acceptors (Lipinski definition) is 4. The third-order valence-electron chi connectivity index (χ3n) is 2.64. The van der Waals surface area contributed by atoms with E-state index in [0.29, 0.717) is 12.0 Å². The van der Waals surface area contributed by atoms with Crippen molar-refractivity contribution in [2.24, 2.45) is 0 Å². The minimum atomic E-state index is -2.66.